The summed E-state index contributed by atoms with van der Waals surface area (Å²) in [5, 5.41) is 11.7. The van der Waals surface area contributed by atoms with E-state index in [1.807, 2.05) is 36.5 Å². The molecule has 0 aromatic rings. The van der Waals surface area contributed by atoms with Crippen LogP contribution in [-0.4, -0.2) is 75.5 Å². The predicted molar refractivity (Wildman–Crippen MR) is 272 cm³/mol. The van der Waals surface area contributed by atoms with Crippen molar-refractivity contribution < 1.29 is 38.2 Å². The fourth-order valence-corrected chi connectivity index (χ4v) is 6.34. The van der Waals surface area contributed by atoms with E-state index in [0.717, 1.165) is 116 Å². The van der Waals surface area contributed by atoms with Gasteiger partial charge in [0.25, 0.3) is 0 Å². The average Bonchev–Trinajstić information content (AvgIpc) is 3.27. The van der Waals surface area contributed by atoms with Gasteiger partial charge in [-0.15, -0.1) is 0 Å². The monoisotopic (exact) mass is 900 g/mol. The second kappa shape index (κ2) is 46.0. The number of ether oxygens (including phenoxy) is 3. The highest BCUT2D eigenvalue weighted by Gasteiger charge is 2.25. The first-order valence-corrected chi connectivity index (χ1v) is 24.8. The first-order valence-electron chi connectivity index (χ1n) is 24.8. The molecule has 0 radical (unpaired) electrons. The van der Waals surface area contributed by atoms with Crippen LogP contribution in [-0.2, 0) is 28.6 Å². The highest BCUT2D eigenvalue weighted by atomic mass is 16.6. The number of hydrogen-bond acceptors (Lipinski definition) is 7. The standard InChI is InChI=1S/C57H89NO7/c1-6-8-10-12-14-16-18-20-22-24-26-27-28-29-30-32-33-35-37-39-41-43-45-47-55(59)64-52-53(51-63-50-49-54(57(61)62)58(3,4)5)65-56(60)48-46-44-42-40-38-36-34-31-25-23-21-19-17-15-13-11-9-7-2/h8,10-11,13-17,19-23,25-27,29-31,33-35,53-54H,6-7,9,12,18,24,28,32,36-52H2,1-5H3/b10-8+,13-11+,16-14+,17-15+,21-19+,22-20+,25-23+,27-26+,30-29+,34-31+,35-33+. The molecule has 2 unspecified atom stereocenters. The Labute approximate surface area is 396 Å². The van der Waals surface area contributed by atoms with Crippen LogP contribution in [0.1, 0.15) is 155 Å². The summed E-state index contributed by atoms with van der Waals surface area (Å²) < 4.78 is 17.2. The topological polar surface area (TPSA) is 102 Å². The zero-order chi connectivity index (χ0) is 47.7. The van der Waals surface area contributed by atoms with E-state index in [1.54, 1.807) is 21.1 Å². The average molecular weight is 900 g/mol. The summed E-state index contributed by atoms with van der Waals surface area (Å²) in [4.78, 5) is 37.0. The third-order valence-electron chi connectivity index (χ3n) is 10.1. The van der Waals surface area contributed by atoms with Crippen LogP contribution >= 0.6 is 0 Å². The van der Waals surface area contributed by atoms with Crippen molar-refractivity contribution in [3.8, 4) is 0 Å². The van der Waals surface area contributed by atoms with E-state index in [4.69, 9.17) is 14.2 Å². The smallest absolute Gasteiger partial charge is 0.306 e. The molecule has 65 heavy (non-hydrogen) atoms. The highest BCUT2D eigenvalue weighted by Crippen LogP contribution is 2.12. The molecule has 0 rings (SSSR count). The molecule has 0 saturated carbocycles. The molecule has 0 aromatic carbocycles. The number of esters is 2. The van der Waals surface area contributed by atoms with Gasteiger partial charge in [-0.3, -0.25) is 9.59 Å². The van der Waals surface area contributed by atoms with Crippen LogP contribution in [0, 0.1) is 0 Å². The van der Waals surface area contributed by atoms with Crippen molar-refractivity contribution in [3.63, 3.8) is 0 Å². The van der Waals surface area contributed by atoms with Crippen molar-refractivity contribution in [1.29, 1.82) is 0 Å². The van der Waals surface area contributed by atoms with Crippen molar-refractivity contribution in [2.24, 2.45) is 0 Å². The molecular formula is C57H89NO7. The van der Waals surface area contributed by atoms with Crippen LogP contribution in [0.15, 0.2) is 134 Å². The molecule has 2 atom stereocenters. The van der Waals surface area contributed by atoms with Crippen molar-refractivity contribution in [2.45, 2.75) is 167 Å². The van der Waals surface area contributed by atoms with Crippen LogP contribution in [0.25, 0.3) is 0 Å². The molecule has 0 bridgehead atoms. The molecule has 0 aliphatic rings. The maximum Gasteiger partial charge on any atom is 0.306 e. The molecule has 0 aliphatic carbocycles. The number of carboxylic acid groups (broad SMARTS) is 1. The van der Waals surface area contributed by atoms with Crippen LogP contribution in [0.3, 0.4) is 0 Å². The number of aliphatic carboxylic acids is 1. The summed E-state index contributed by atoms with van der Waals surface area (Å²) in [6.45, 7) is 4.38. The Bertz CT molecular complexity index is 1520. The van der Waals surface area contributed by atoms with Crippen LogP contribution < -0.4 is 5.11 Å². The Balaban J connectivity index is 4.41. The molecule has 0 fully saturated rings. The lowest BCUT2D eigenvalue weighted by Crippen LogP contribution is -2.55. The maximum absolute atomic E-state index is 12.8. The van der Waals surface area contributed by atoms with Gasteiger partial charge in [0.15, 0.2) is 6.10 Å². The Morgan fingerprint density at radius 2 is 0.923 bits per heavy atom. The molecule has 8 heteroatoms. The van der Waals surface area contributed by atoms with Crippen molar-refractivity contribution in [1.82, 2.24) is 0 Å². The lowest BCUT2D eigenvalue weighted by molar-refractivity contribution is -0.889. The summed E-state index contributed by atoms with van der Waals surface area (Å²) in [6, 6.07) is -0.745. The second-order valence-electron chi connectivity index (χ2n) is 17.1. The molecule has 0 N–H and O–H groups in total. The predicted octanol–water partition coefficient (Wildman–Crippen LogP) is 13.0. The zero-order valence-electron chi connectivity index (χ0n) is 41.3. The van der Waals surface area contributed by atoms with E-state index in [9.17, 15) is 19.5 Å². The summed E-state index contributed by atoms with van der Waals surface area (Å²) in [6.07, 6.45) is 66.1. The van der Waals surface area contributed by atoms with E-state index in [2.05, 4.69) is 111 Å². The molecule has 0 heterocycles. The number of hydrogen-bond donors (Lipinski definition) is 0. The number of carbonyl (C=O) groups is 3. The third-order valence-corrected chi connectivity index (χ3v) is 10.1. The van der Waals surface area contributed by atoms with Gasteiger partial charge in [0.1, 0.15) is 12.6 Å². The molecule has 8 nitrogen and oxygen atoms in total. The maximum atomic E-state index is 12.8. The normalized spacial score (nSPS) is 14.0. The minimum atomic E-state index is -1.14. The summed E-state index contributed by atoms with van der Waals surface area (Å²) in [5.74, 6) is -1.82. The second-order valence-corrected chi connectivity index (χ2v) is 17.1. The van der Waals surface area contributed by atoms with E-state index in [0.29, 0.717) is 6.42 Å². The van der Waals surface area contributed by atoms with Gasteiger partial charge in [0.2, 0.25) is 0 Å². The Morgan fingerprint density at radius 3 is 1.42 bits per heavy atom. The molecule has 0 spiro atoms. The molecule has 364 valence electrons. The first-order chi connectivity index (χ1) is 31.6. The number of carboxylic acids is 1. The van der Waals surface area contributed by atoms with Crippen LogP contribution in [0.5, 0.6) is 0 Å². The van der Waals surface area contributed by atoms with Crippen molar-refractivity contribution >= 4 is 17.9 Å². The third kappa shape index (κ3) is 44.5. The summed E-state index contributed by atoms with van der Waals surface area (Å²) in [7, 11) is 5.38. The van der Waals surface area contributed by atoms with Crippen molar-refractivity contribution in [3.05, 3.63) is 134 Å². The minimum Gasteiger partial charge on any atom is -0.544 e. The molecule has 0 saturated heterocycles. The number of carbonyl (C=O) groups excluding carboxylic acids is 3. The molecule has 0 amide bonds. The number of rotatable bonds is 42. The summed E-state index contributed by atoms with van der Waals surface area (Å²) in [5.41, 5.74) is 0. The SMILES string of the molecule is CC/C=C/C/C=C/C/C=C/C/C=C/C/C=C/C/C=C/CCCCCCC(=O)OCC(COCCC(C(=O)[O-])[N+](C)(C)C)OC(=O)CCCCCCC/C=C/C=C/C=C/C=C/C=C/CCC. The van der Waals surface area contributed by atoms with E-state index in [1.165, 1.54) is 6.42 Å². The summed E-state index contributed by atoms with van der Waals surface area (Å²) >= 11 is 0. The van der Waals surface area contributed by atoms with Gasteiger partial charge in [-0.25, -0.2) is 0 Å². The van der Waals surface area contributed by atoms with Crippen LogP contribution in [0.4, 0.5) is 0 Å². The quantitative estimate of drug-likeness (QED) is 0.0198. The molecule has 0 aromatic heterocycles. The highest BCUT2D eigenvalue weighted by molar-refractivity contribution is 5.70. The molecule has 0 aliphatic heterocycles. The number of unbranched alkanes of at least 4 members (excludes halogenated alkanes) is 10. The van der Waals surface area contributed by atoms with Gasteiger partial charge in [-0.2, -0.15) is 0 Å². The number of allylic oxidation sites excluding steroid dienone is 22. The fourth-order valence-electron chi connectivity index (χ4n) is 6.34. The Morgan fingerprint density at radius 1 is 0.492 bits per heavy atom. The van der Waals surface area contributed by atoms with E-state index >= 15 is 0 Å². The van der Waals surface area contributed by atoms with Gasteiger partial charge in [-0.05, 0) is 83.5 Å². The van der Waals surface area contributed by atoms with E-state index in [-0.39, 0.29) is 49.1 Å². The number of nitrogens with zero attached hydrogens (tertiary/aromatic N) is 1. The Hall–Kier alpha value is -4.53. The van der Waals surface area contributed by atoms with Gasteiger partial charge >= 0.3 is 11.9 Å². The number of likely N-dealkylation sites (N-methyl/N-ethyl adjacent to an activating group) is 1. The number of quaternary nitrogens is 1. The van der Waals surface area contributed by atoms with Crippen LogP contribution in [0.2, 0.25) is 0 Å². The minimum absolute atomic E-state index is 0.0112. The largest absolute Gasteiger partial charge is 0.544 e. The van der Waals surface area contributed by atoms with Gasteiger partial charge in [0.05, 0.1) is 40.3 Å². The van der Waals surface area contributed by atoms with Gasteiger partial charge in [0, 0.05) is 19.3 Å². The molecular weight excluding hydrogens is 811 g/mol. The first kappa shape index (κ1) is 60.5. The Kier molecular flexibility index (Phi) is 42.8. The van der Waals surface area contributed by atoms with Crippen molar-refractivity contribution in [2.75, 3.05) is 41.0 Å². The zero-order valence-corrected chi connectivity index (χ0v) is 41.3. The lowest BCUT2D eigenvalue weighted by atomic mass is 10.1. The van der Waals surface area contributed by atoms with Gasteiger partial charge < -0.3 is 28.6 Å². The van der Waals surface area contributed by atoms with E-state index < -0.39 is 18.1 Å². The van der Waals surface area contributed by atoms with Gasteiger partial charge in [-0.1, -0.05) is 186 Å². The lowest BCUT2D eigenvalue weighted by Gasteiger charge is -2.34. The fraction of sp³-hybridized carbons (Fsp3) is 0.561.